The minimum Gasteiger partial charge on any atom is -0.378 e. The Morgan fingerprint density at radius 1 is 0.449 bits per heavy atom. The summed E-state index contributed by atoms with van der Waals surface area (Å²) in [5.41, 5.74) is 2.10. The molecule has 0 unspecified atom stereocenters. The van der Waals surface area contributed by atoms with Crippen LogP contribution in [-0.4, -0.2) is 188 Å². The molecular weight excluding hydrogens is 640 g/mol. The molecule has 16 nitrogen and oxygen atoms in total. The lowest BCUT2D eigenvalue weighted by Crippen LogP contribution is -2.31. The molecule has 2 aromatic heterocycles. The van der Waals surface area contributed by atoms with Crippen LogP contribution in [0.4, 0.5) is 0 Å². The highest BCUT2D eigenvalue weighted by Gasteiger charge is 2.12. The third kappa shape index (κ3) is 19.2. The molecule has 0 saturated carbocycles. The Morgan fingerprint density at radius 3 is 1.22 bits per heavy atom. The molecule has 280 valence electrons. The zero-order valence-corrected chi connectivity index (χ0v) is 29.2. The van der Waals surface area contributed by atoms with Crippen LogP contribution in [0.5, 0.6) is 0 Å². The summed E-state index contributed by atoms with van der Waals surface area (Å²) in [6, 6.07) is 2.05. The SMILES string of the molecule is c1nn(Cn2ccc(CN3CCOCCOCCOCCOCCOCC3)n2)cc1CN1CCOCCOCCOCCOCCOCC1. The van der Waals surface area contributed by atoms with Crippen molar-refractivity contribution in [2.24, 2.45) is 0 Å². The minimum atomic E-state index is 0.522. The second-order valence-corrected chi connectivity index (χ2v) is 11.6. The standard InChI is InChI=1S/C33H58N6O10/c1-2-38(35-33(1)30-37-5-9-42-13-17-46-21-25-49-26-22-47-18-14-43-10-6-37)31-39-29-32(27-34-39)28-36-3-7-40-11-15-44-19-23-48-24-20-45-16-12-41-8-4-36/h1-2,27,29H,3-26,28,30-31H2. The van der Waals surface area contributed by atoms with E-state index in [-0.39, 0.29) is 0 Å². The van der Waals surface area contributed by atoms with E-state index < -0.39 is 0 Å². The molecule has 2 fully saturated rings. The lowest BCUT2D eigenvalue weighted by Gasteiger charge is -2.21. The van der Waals surface area contributed by atoms with Crippen molar-refractivity contribution in [2.45, 2.75) is 19.8 Å². The second kappa shape index (κ2) is 26.7. The van der Waals surface area contributed by atoms with Crippen LogP contribution in [0.1, 0.15) is 11.3 Å². The Hall–Kier alpha value is -2.06. The average molecular weight is 699 g/mol. The zero-order chi connectivity index (χ0) is 33.9. The van der Waals surface area contributed by atoms with Crippen LogP contribution in [-0.2, 0) is 67.1 Å². The van der Waals surface area contributed by atoms with Gasteiger partial charge in [0.25, 0.3) is 0 Å². The Labute approximate surface area is 290 Å². The van der Waals surface area contributed by atoms with Crippen molar-refractivity contribution in [1.29, 1.82) is 0 Å². The molecule has 0 radical (unpaired) electrons. The highest BCUT2D eigenvalue weighted by Crippen LogP contribution is 2.07. The van der Waals surface area contributed by atoms with Gasteiger partial charge in [-0.25, -0.2) is 0 Å². The number of hydrogen-bond donors (Lipinski definition) is 0. The fourth-order valence-corrected chi connectivity index (χ4v) is 5.05. The first-order valence-corrected chi connectivity index (χ1v) is 17.6. The summed E-state index contributed by atoms with van der Waals surface area (Å²) < 4.78 is 60.3. The fraction of sp³-hybridized carbons (Fsp3) is 0.818. The Balaban J connectivity index is 1.21. The Morgan fingerprint density at radius 2 is 0.816 bits per heavy atom. The van der Waals surface area contributed by atoms with Gasteiger partial charge in [0.1, 0.15) is 6.67 Å². The van der Waals surface area contributed by atoms with Crippen LogP contribution in [0.25, 0.3) is 0 Å². The van der Waals surface area contributed by atoms with Gasteiger partial charge < -0.3 is 47.4 Å². The first-order chi connectivity index (χ1) is 24.3. The summed E-state index contributed by atoms with van der Waals surface area (Å²) >= 11 is 0. The summed E-state index contributed by atoms with van der Waals surface area (Å²) in [4.78, 5) is 4.62. The molecule has 2 aliphatic heterocycles. The van der Waals surface area contributed by atoms with Crippen LogP contribution in [0.3, 0.4) is 0 Å². The normalized spacial score (nSPS) is 22.0. The molecule has 0 aromatic carbocycles. The molecule has 0 amide bonds. The van der Waals surface area contributed by atoms with E-state index in [1.54, 1.807) is 0 Å². The predicted molar refractivity (Wildman–Crippen MR) is 179 cm³/mol. The van der Waals surface area contributed by atoms with Gasteiger partial charge in [-0.15, -0.1) is 0 Å². The van der Waals surface area contributed by atoms with E-state index in [1.165, 1.54) is 0 Å². The van der Waals surface area contributed by atoms with Crippen molar-refractivity contribution in [3.63, 3.8) is 0 Å². The zero-order valence-electron chi connectivity index (χ0n) is 29.2. The van der Waals surface area contributed by atoms with Gasteiger partial charge in [0, 0.05) is 57.2 Å². The third-order valence-electron chi connectivity index (χ3n) is 7.65. The number of aromatic nitrogens is 4. The monoisotopic (exact) mass is 698 g/mol. The molecule has 0 N–H and O–H groups in total. The number of rotatable bonds is 6. The molecule has 16 heteroatoms. The number of ether oxygens (including phenoxy) is 10. The van der Waals surface area contributed by atoms with Crippen LogP contribution in [0, 0.1) is 0 Å². The maximum absolute atomic E-state index is 5.82. The van der Waals surface area contributed by atoms with Crippen molar-refractivity contribution >= 4 is 0 Å². The van der Waals surface area contributed by atoms with Crippen molar-refractivity contribution in [3.8, 4) is 0 Å². The van der Waals surface area contributed by atoms with Crippen molar-refractivity contribution in [3.05, 3.63) is 35.9 Å². The van der Waals surface area contributed by atoms with Gasteiger partial charge >= 0.3 is 0 Å². The molecule has 0 spiro atoms. The van der Waals surface area contributed by atoms with Gasteiger partial charge in [0.15, 0.2) is 0 Å². The number of nitrogens with zero attached hydrogens (tertiary/aromatic N) is 6. The van der Waals surface area contributed by atoms with Gasteiger partial charge in [-0.3, -0.25) is 19.2 Å². The second-order valence-electron chi connectivity index (χ2n) is 11.6. The average Bonchev–Trinajstić information content (AvgIpc) is 3.75. The molecule has 0 atom stereocenters. The third-order valence-corrected chi connectivity index (χ3v) is 7.65. The topological polar surface area (TPSA) is 134 Å². The summed E-state index contributed by atoms with van der Waals surface area (Å²) in [6.45, 7) is 16.3. The molecule has 0 bridgehead atoms. The lowest BCUT2D eigenvalue weighted by atomic mass is 10.3. The van der Waals surface area contributed by atoms with E-state index in [1.807, 2.05) is 21.8 Å². The summed E-state index contributed by atoms with van der Waals surface area (Å²) in [5, 5.41) is 9.44. The van der Waals surface area contributed by atoms with E-state index in [2.05, 4.69) is 27.2 Å². The van der Waals surface area contributed by atoms with Crippen LogP contribution >= 0.6 is 0 Å². The van der Waals surface area contributed by atoms with Gasteiger partial charge in [-0.05, 0) is 6.07 Å². The molecule has 2 aliphatic rings. The van der Waals surface area contributed by atoms with E-state index in [4.69, 9.17) is 52.5 Å². The van der Waals surface area contributed by atoms with Gasteiger partial charge in [0.2, 0.25) is 0 Å². The molecule has 4 heterocycles. The van der Waals surface area contributed by atoms with E-state index >= 15 is 0 Å². The molecular formula is C33H58N6O10. The quantitative estimate of drug-likeness (QED) is 0.412. The predicted octanol–water partition coefficient (Wildman–Crippen LogP) is 0.383. The summed E-state index contributed by atoms with van der Waals surface area (Å²) in [6.07, 6.45) is 5.98. The maximum Gasteiger partial charge on any atom is 0.133 e. The van der Waals surface area contributed by atoms with E-state index in [9.17, 15) is 0 Å². The molecule has 4 rings (SSSR count). The van der Waals surface area contributed by atoms with Crippen LogP contribution in [0.2, 0.25) is 0 Å². The molecule has 49 heavy (non-hydrogen) atoms. The Bertz CT molecular complexity index is 947. The van der Waals surface area contributed by atoms with Crippen molar-refractivity contribution in [2.75, 3.05) is 158 Å². The van der Waals surface area contributed by atoms with Gasteiger partial charge in [-0.1, -0.05) is 0 Å². The number of hydrogen-bond acceptors (Lipinski definition) is 14. The van der Waals surface area contributed by atoms with Crippen molar-refractivity contribution < 1.29 is 47.4 Å². The molecule has 2 aromatic rings. The smallest absolute Gasteiger partial charge is 0.133 e. The fourth-order valence-electron chi connectivity index (χ4n) is 5.05. The van der Waals surface area contributed by atoms with Crippen LogP contribution < -0.4 is 0 Å². The molecule has 0 aliphatic carbocycles. The largest absolute Gasteiger partial charge is 0.378 e. The van der Waals surface area contributed by atoms with E-state index in [0.717, 1.165) is 44.0 Å². The first-order valence-electron chi connectivity index (χ1n) is 17.6. The van der Waals surface area contributed by atoms with Crippen LogP contribution in [0.15, 0.2) is 24.7 Å². The highest BCUT2D eigenvalue weighted by atomic mass is 16.6. The highest BCUT2D eigenvalue weighted by molar-refractivity contribution is 5.04. The van der Waals surface area contributed by atoms with Gasteiger partial charge in [-0.2, -0.15) is 10.2 Å². The van der Waals surface area contributed by atoms with Crippen molar-refractivity contribution in [1.82, 2.24) is 29.4 Å². The maximum atomic E-state index is 5.82. The molecule has 2 saturated heterocycles. The minimum absolute atomic E-state index is 0.522. The Kier molecular flexibility index (Phi) is 21.7. The first kappa shape index (κ1) is 39.7. The lowest BCUT2D eigenvalue weighted by molar-refractivity contribution is -0.0190. The van der Waals surface area contributed by atoms with E-state index in [0.29, 0.717) is 145 Å². The summed E-state index contributed by atoms with van der Waals surface area (Å²) in [7, 11) is 0. The van der Waals surface area contributed by atoms with Gasteiger partial charge in [0.05, 0.1) is 144 Å². The summed E-state index contributed by atoms with van der Waals surface area (Å²) in [5.74, 6) is 0.